The van der Waals surface area contributed by atoms with Gasteiger partial charge in [-0.1, -0.05) is 0 Å². The van der Waals surface area contributed by atoms with Crippen LogP contribution in [0.3, 0.4) is 0 Å². The van der Waals surface area contributed by atoms with Gasteiger partial charge in [-0.2, -0.15) is 10.5 Å². The van der Waals surface area contributed by atoms with Gasteiger partial charge in [0.25, 0.3) is 0 Å². The topological polar surface area (TPSA) is 60.0 Å². The summed E-state index contributed by atoms with van der Waals surface area (Å²) in [4.78, 5) is 1.90. The van der Waals surface area contributed by atoms with Crippen LogP contribution in [0, 0.1) is 28.6 Å². The largest absolute Gasteiger partial charge is 0.497 e. The third-order valence-corrected chi connectivity index (χ3v) is 2.50. The molecule has 1 atom stereocenters. The number of anilines is 1. The molecule has 17 heavy (non-hydrogen) atoms. The summed E-state index contributed by atoms with van der Waals surface area (Å²) in [6, 6.07) is 9.60. The Kier molecular flexibility index (Phi) is 4.37. The van der Waals surface area contributed by atoms with Crippen molar-refractivity contribution >= 4 is 5.69 Å². The van der Waals surface area contributed by atoms with E-state index in [1.54, 1.807) is 19.2 Å². The fourth-order valence-corrected chi connectivity index (χ4v) is 1.60. The molecule has 0 amide bonds. The highest BCUT2D eigenvalue weighted by molar-refractivity contribution is 5.61. The van der Waals surface area contributed by atoms with Crippen LogP contribution in [0.1, 0.15) is 12.5 Å². The van der Waals surface area contributed by atoms with Crippen LogP contribution in [0.4, 0.5) is 5.69 Å². The Balaban J connectivity index is 3.03. The molecule has 0 radical (unpaired) electrons. The van der Waals surface area contributed by atoms with Crippen molar-refractivity contribution < 1.29 is 4.74 Å². The molecule has 4 heteroatoms. The number of benzene rings is 1. The quantitative estimate of drug-likeness (QED) is 0.793. The first kappa shape index (κ1) is 12.9. The smallest absolute Gasteiger partial charge is 0.121 e. The van der Waals surface area contributed by atoms with E-state index in [9.17, 15) is 0 Å². The zero-order valence-electron chi connectivity index (χ0n) is 10.3. The molecule has 0 aliphatic carbocycles. The van der Waals surface area contributed by atoms with Crippen LogP contribution in [-0.4, -0.2) is 20.7 Å². The van der Waals surface area contributed by atoms with E-state index in [1.807, 2.05) is 24.9 Å². The van der Waals surface area contributed by atoms with E-state index in [1.165, 1.54) is 0 Å². The third kappa shape index (κ3) is 3.12. The van der Waals surface area contributed by atoms with Gasteiger partial charge in [0, 0.05) is 19.7 Å². The summed E-state index contributed by atoms with van der Waals surface area (Å²) in [7, 11) is 3.45. The van der Waals surface area contributed by atoms with E-state index in [0.29, 0.717) is 17.9 Å². The van der Waals surface area contributed by atoms with Crippen molar-refractivity contribution in [2.75, 3.05) is 25.6 Å². The molecule has 0 fully saturated rings. The number of nitrogens with zero attached hydrogens (tertiary/aromatic N) is 3. The Morgan fingerprint density at radius 3 is 2.65 bits per heavy atom. The first-order valence-electron chi connectivity index (χ1n) is 5.31. The average Bonchev–Trinajstić information content (AvgIpc) is 2.37. The second-order valence-electron chi connectivity index (χ2n) is 3.91. The molecule has 0 saturated heterocycles. The maximum absolute atomic E-state index is 9.04. The van der Waals surface area contributed by atoms with Gasteiger partial charge in [-0.15, -0.1) is 0 Å². The van der Waals surface area contributed by atoms with Gasteiger partial charge in [0.15, 0.2) is 0 Å². The molecule has 0 N–H and O–H groups in total. The Bertz CT molecular complexity index is 471. The average molecular weight is 229 g/mol. The predicted molar refractivity (Wildman–Crippen MR) is 65.8 cm³/mol. The fraction of sp³-hybridized carbons (Fsp3) is 0.385. The molecule has 0 aromatic heterocycles. The van der Waals surface area contributed by atoms with Crippen molar-refractivity contribution in [1.82, 2.24) is 0 Å². The molecule has 1 aromatic rings. The van der Waals surface area contributed by atoms with Gasteiger partial charge in [0.05, 0.1) is 30.3 Å². The highest BCUT2D eigenvalue weighted by atomic mass is 16.5. The van der Waals surface area contributed by atoms with Crippen LogP contribution < -0.4 is 9.64 Å². The van der Waals surface area contributed by atoms with Gasteiger partial charge < -0.3 is 9.64 Å². The van der Waals surface area contributed by atoms with Crippen molar-refractivity contribution in [3.05, 3.63) is 23.8 Å². The highest BCUT2D eigenvalue weighted by Crippen LogP contribution is 2.25. The number of methoxy groups -OCH3 is 1. The first-order chi connectivity index (χ1) is 8.12. The van der Waals surface area contributed by atoms with Crippen molar-refractivity contribution in [3.8, 4) is 17.9 Å². The Hall–Kier alpha value is -2.20. The summed E-state index contributed by atoms with van der Waals surface area (Å²) in [5.74, 6) is 0.619. The van der Waals surface area contributed by atoms with Crippen LogP contribution in [0.25, 0.3) is 0 Å². The minimum absolute atomic E-state index is 0.0854. The molecular weight excluding hydrogens is 214 g/mol. The summed E-state index contributed by atoms with van der Waals surface area (Å²) < 4.78 is 5.13. The molecule has 0 bridgehead atoms. The minimum Gasteiger partial charge on any atom is -0.497 e. The maximum atomic E-state index is 9.04. The summed E-state index contributed by atoms with van der Waals surface area (Å²) in [6.07, 6.45) is 0. The summed E-state index contributed by atoms with van der Waals surface area (Å²) in [5.41, 5.74) is 1.37. The van der Waals surface area contributed by atoms with Gasteiger partial charge in [0.2, 0.25) is 0 Å². The summed E-state index contributed by atoms with van der Waals surface area (Å²) in [6.45, 7) is 2.43. The van der Waals surface area contributed by atoms with Crippen molar-refractivity contribution in [1.29, 1.82) is 10.5 Å². The lowest BCUT2D eigenvalue weighted by molar-refractivity contribution is 0.414. The van der Waals surface area contributed by atoms with E-state index >= 15 is 0 Å². The van der Waals surface area contributed by atoms with E-state index in [4.69, 9.17) is 15.3 Å². The van der Waals surface area contributed by atoms with Crippen LogP contribution in [-0.2, 0) is 0 Å². The second kappa shape index (κ2) is 5.77. The monoisotopic (exact) mass is 229 g/mol. The Labute approximate surface area is 102 Å². The Morgan fingerprint density at radius 1 is 1.41 bits per heavy atom. The number of nitriles is 2. The van der Waals surface area contributed by atoms with Gasteiger partial charge in [-0.05, 0) is 19.1 Å². The van der Waals surface area contributed by atoms with Crippen LogP contribution in [0.15, 0.2) is 18.2 Å². The zero-order valence-corrected chi connectivity index (χ0v) is 10.3. The molecule has 88 valence electrons. The lowest BCUT2D eigenvalue weighted by atomic mass is 10.1. The zero-order chi connectivity index (χ0) is 12.8. The van der Waals surface area contributed by atoms with Crippen LogP contribution in [0.5, 0.6) is 5.75 Å². The lowest BCUT2D eigenvalue weighted by Gasteiger charge is -2.22. The Morgan fingerprint density at radius 2 is 2.12 bits per heavy atom. The van der Waals surface area contributed by atoms with Crippen molar-refractivity contribution in [2.24, 2.45) is 5.92 Å². The fourth-order valence-electron chi connectivity index (χ4n) is 1.60. The van der Waals surface area contributed by atoms with Gasteiger partial charge in [0.1, 0.15) is 11.8 Å². The molecule has 0 aliphatic heterocycles. The molecule has 0 saturated carbocycles. The van der Waals surface area contributed by atoms with E-state index in [0.717, 1.165) is 5.69 Å². The normalized spacial score (nSPS) is 11.1. The molecule has 1 rings (SSSR count). The minimum atomic E-state index is -0.0854. The van der Waals surface area contributed by atoms with E-state index in [2.05, 4.69) is 12.1 Å². The van der Waals surface area contributed by atoms with Crippen LogP contribution in [0.2, 0.25) is 0 Å². The number of hydrogen-bond donors (Lipinski definition) is 0. The summed E-state index contributed by atoms with van der Waals surface area (Å²) >= 11 is 0. The van der Waals surface area contributed by atoms with Crippen molar-refractivity contribution in [2.45, 2.75) is 6.92 Å². The number of rotatable bonds is 4. The summed E-state index contributed by atoms with van der Waals surface area (Å²) in [5, 5.41) is 17.8. The molecule has 1 unspecified atom stereocenters. The SMILES string of the molecule is COc1ccc(C#N)c(N(C)CC(C)C#N)c1. The van der Waals surface area contributed by atoms with Gasteiger partial charge >= 0.3 is 0 Å². The molecule has 0 aliphatic rings. The highest BCUT2D eigenvalue weighted by Gasteiger charge is 2.11. The molecule has 0 spiro atoms. The van der Waals surface area contributed by atoms with Gasteiger partial charge in [-0.3, -0.25) is 0 Å². The van der Waals surface area contributed by atoms with E-state index in [-0.39, 0.29) is 5.92 Å². The van der Waals surface area contributed by atoms with Gasteiger partial charge in [-0.25, -0.2) is 0 Å². The van der Waals surface area contributed by atoms with Crippen LogP contribution >= 0.6 is 0 Å². The molecule has 0 heterocycles. The second-order valence-corrected chi connectivity index (χ2v) is 3.91. The first-order valence-corrected chi connectivity index (χ1v) is 5.31. The van der Waals surface area contributed by atoms with E-state index < -0.39 is 0 Å². The predicted octanol–water partition coefficient (Wildman–Crippen LogP) is 2.16. The standard InChI is InChI=1S/C13H15N3O/c1-10(7-14)9-16(2)13-6-12(17-3)5-4-11(13)8-15/h4-6,10H,9H2,1-3H3. The molecule has 1 aromatic carbocycles. The lowest BCUT2D eigenvalue weighted by Crippen LogP contribution is -2.24. The van der Waals surface area contributed by atoms with Crippen molar-refractivity contribution in [3.63, 3.8) is 0 Å². The number of ether oxygens (including phenoxy) is 1. The number of hydrogen-bond acceptors (Lipinski definition) is 4. The molecule has 4 nitrogen and oxygen atoms in total. The maximum Gasteiger partial charge on any atom is 0.121 e. The molecular formula is C13H15N3O. The third-order valence-electron chi connectivity index (χ3n) is 2.50.